The summed E-state index contributed by atoms with van der Waals surface area (Å²) in [6.45, 7) is 5.64. The molecule has 0 rings (SSSR count). The predicted octanol–water partition coefficient (Wildman–Crippen LogP) is -0.675. The number of quaternary nitrogens is 2. The average Bonchev–Trinajstić information content (AvgIpc) is 1.67. The Hall–Kier alpha value is -0.0800. The highest BCUT2D eigenvalue weighted by atomic mass is 15.3. The molecule has 0 aromatic rings. The maximum absolute atomic E-state index is 3.80. The molecule has 0 aromatic carbocycles. The lowest BCUT2D eigenvalue weighted by Gasteiger charge is -2.26. The van der Waals surface area contributed by atoms with Crippen molar-refractivity contribution >= 4 is 0 Å². The van der Waals surface area contributed by atoms with E-state index < -0.39 is 0 Å². The highest BCUT2D eigenvalue weighted by Gasteiger charge is 2.09. The third-order valence-electron chi connectivity index (χ3n) is 1.62. The Bertz CT molecular complexity index is 59.5. The van der Waals surface area contributed by atoms with Gasteiger partial charge >= 0.3 is 0 Å². The summed E-state index contributed by atoms with van der Waals surface area (Å²) in [5.74, 6) is 0. The zero-order valence-electron chi connectivity index (χ0n) is 6.28. The molecule has 0 bridgehead atoms. The Kier molecular flexibility index (Phi) is 3.02. The Balaban J connectivity index is 3.37. The maximum Gasteiger partial charge on any atom is 0.128 e. The van der Waals surface area contributed by atoms with E-state index in [2.05, 4.69) is 26.8 Å². The van der Waals surface area contributed by atoms with Crippen LogP contribution in [-0.4, -0.2) is 38.2 Å². The van der Waals surface area contributed by atoms with Gasteiger partial charge in [0.05, 0.1) is 20.6 Å². The second kappa shape index (κ2) is 3.05. The highest BCUT2D eigenvalue weighted by molar-refractivity contribution is 4.23. The molecule has 2 heteroatoms. The van der Waals surface area contributed by atoms with Gasteiger partial charge in [-0.2, -0.15) is 0 Å². The van der Waals surface area contributed by atoms with Gasteiger partial charge in [-0.3, -0.25) is 0 Å². The van der Waals surface area contributed by atoms with Crippen LogP contribution >= 0.6 is 0 Å². The Morgan fingerprint density at radius 1 is 1.38 bits per heavy atom. The first kappa shape index (κ1) is 7.92. The number of nitrogens with zero attached hydrogens (tertiary/aromatic N) is 1. The summed E-state index contributed by atoms with van der Waals surface area (Å²) >= 11 is 0. The molecule has 0 atom stereocenters. The van der Waals surface area contributed by atoms with Crippen molar-refractivity contribution in [3.05, 3.63) is 0 Å². The monoisotopic (exact) mass is 118 g/mol. The van der Waals surface area contributed by atoms with Gasteiger partial charge < -0.3 is 10.2 Å². The fraction of sp³-hybridized carbons (Fsp3) is 1.00. The second-order valence-electron chi connectivity index (χ2n) is 2.83. The summed E-state index contributed by atoms with van der Waals surface area (Å²) in [6.07, 6.45) is 0. The molecule has 0 saturated carbocycles. The lowest BCUT2D eigenvalue weighted by Crippen LogP contribution is -2.58. The molecule has 50 valence electrons. The van der Waals surface area contributed by atoms with Gasteiger partial charge in [-0.25, -0.2) is 0 Å². The molecule has 0 aliphatic rings. The molecule has 8 heavy (non-hydrogen) atoms. The molecule has 0 radical (unpaired) electrons. The first-order chi connectivity index (χ1) is 3.62. The van der Waals surface area contributed by atoms with Crippen LogP contribution in [0.15, 0.2) is 0 Å². The van der Waals surface area contributed by atoms with E-state index in [1.807, 2.05) is 0 Å². The summed E-state index contributed by atoms with van der Waals surface area (Å²) in [5.41, 5.74) is 3.80. The van der Waals surface area contributed by atoms with E-state index >= 15 is 0 Å². The topological polar surface area (TPSA) is 27.6 Å². The first-order valence-corrected chi connectivity index (χ1v) is 3.23. The molecule has 0 heterocycles. The van der Waals surface area contributed by atoms with Crippen molar-refractivity contribution < 1.29 is 10.2 Å². The van der Waals surface area contributed by atoms with E-state index in [0.717, 1.165) is 11.0 Å². The lowest BCUT2D eigenvalue weighted by molar-refractivity contribution is -0.893. The van der Waals surface area contributed by atoms with Crippen LogP contribution in [0.2, 0.25) is 0 Å². The zero-order chi connectivity index (χ0) is 6.62. The van der Waals surface area contributed by atoms with Crippen molar-refractivity contribution in [1.82, 2.24) is 0 Å². The highest BCUT2D eigenvalue weighted by Crippen LogP contribution is 1.90. The molecule has 0 fully saturated rings. The van der Waals surface area contributed by atoms with Crippen molar-refractivity contribution in [1.29, 1.82) is 0 Å². The fourth-order valence-corrected chi connectivity index (χ4v) is 0.586. The van der Waals surface area contributed by atoms with Gasteiger partial charge in [-0.15, -0.1) is 0 Å². The van der Waals surface area contributed by atoms with Crippen LogP contribution in [0.3, 0.4) is 0 Å². The summed E-state index contributed by atoms with van der Waals surface area (Å²) in [5, 5.41) is 0. The molecule has 2 nitrogen and oxygen atoms in total. The fourth-order valence-electron chi connectivity index (χ4n) is 0.586. The zero-order valence-corrected chi connectivity index (χ0v) is 6.28. The van der Waals surface area contributed by atoms with Crippen LogP contribution < -0.4 is 5.73 Å². The van der Waals surface area contributed by atoms with E-state index in [1.165, 1.54) is 13.1 Å². The Labute approximate surface area is 51.9 Å². The summed E-state index contributed by atoms with van der Waals surface area (Å²) in [6, 6.07) is 0. The molecule has 0 saturated heterocycles. The molecular formula is C6H18N2+2. The van der Waals surface area contributed by atoms with Gasteiger partial charge in [0.1, 0.15) is 13.1 Å². The number of likely N-dealkylation sites (N-methyl/N-ethyl adjacent to an activating group) is 1. The standard InChI is InChI=1S/C6H17N2/c1-4-8(2,3)6-5-7/h4-7H2,1-3H3/q+1/p+1. The van der Waals surface area contributed by atoms with Crippen LogP contribution in [0.4, 0.5) is 0 Å². The van der Waals surface area contributed by atoms with Crippen LogP contribution in [0.1, 0.15) is 6.92 Å². The van der Waals surface area contributed by atoms with Crippen LogP contribution in [-0.2, 0) is 0 Å². The van der Waals surface area contributed by atoms with Gasteiger partial charge in [0.15, 0.2) is 0 Å². The lowest BCUT2D eigenvalue weighted by atomic mass is 10.4. The van der Waals surface area contributed by atoms with Crippen molar-refractivity contribution in [2.24, 2.45) is 0 Å². The maximum atomic E-state index is 3.80. The summed E-state index contributed by atoms with van der Waals surface area (Å²) in [7, 11) is 4.45. The molecule has 3 N–H and O–H groups in total. The Morgan fingerprint density at radius 3 is 2.00 bits per heavy atom. The molecule has 0 aromatic heterocycles. The molecule has 0 spiro atoms. The van der Waals surface area contributed by atoms with Crippen molar-refractivity contribution in [2.45, 2.75) is 6.92 Å². The third-order valence-corrected chi connectivity index (χ3v) is 1.62. The molecule has 0 unspecified atom stereocenters. The molecule has 0 aliphatic carbocycles. The normalized spacial score (nSPS) is 12.0. The number of hydrogen-bond acceptors (Lipinski definition) is 0. The van der Waals surface area contributed by atoms with E-state index in [9.17, 15) is 0 Å². The molecule has 0 aliphatic heterocycles. The van der Waals surface area contributed by atoms with Crippen molar-refractivity contribution in [3.63, 3.8) is 0 Å². The van der Waals surface area contributed by atoms with Crippen LogP contribution in [0.25, 0.3) is 0 Å². The van der Waals surface area contributed by atoms with E-state index in [4.69, 9.17) is 0 Å². The van der Waals surface area contributed by atoms with Crippen molar-refractivity contribution in [2.75, 3.05) is 33.7 Å². The van der Waals surface area contributed by atoms with Crippen LogP contribution in [0.5, 0.6) is 0 Å². The largest absolute Gasteiger partial charge is 0.353 e. The van der Waals surface area contributed by atoms with Gasteiger partial charge in [0, 0.05) is 0 Å². The summed E-state index contributed by atoms with van der Waals surface area (Å²) < 4.78 is 1.10. The SMILES string of the molecule is CC[N+](C)(C)CC[NH3+]. The number of hydrogen-bond donors (Lipinski definition) is 1. The quantitative estimate of drug-likeness (QED) is 0.476. The molecule has 0 amide bonds. The van der Waals surface area contributed by atoms with E-state index in [-0.39, 0.29) is 0 Å². The molecular weight excluding hydrogens is 100 g/mol. The third kappa shape index (κ3) is 2.99. The van der Waals surface area contributed by atoms with Gasteiger partial charge in [-0.1, -0.05) is 0 Å². The summed E-state index contributed by atoms with van der Waals surface area (Å²) in [4.78, 5) is 0. The van der Waals surface area contributed by atoms with Crippen LogP contribution in [0, 0.1) is 0 Å². The first-order valence-electron chi connectivity index (χ1n) is 3.23. The smallest absolute Gasteiger partial charge is 0.128 e. The minimum atomic E-state index is 1.04. The second-order valence-corrected chi connectivity index (χ2v) is 2.83. The average molecular weight is 118 g/mol. The van der Waals surface area contributed by atoms with Crippen molar-refractivity contribution in [3.8, 4) is 0 Å². The van der Waals surface area contributed by atoms with Gasteiger partial charge in [-0.05, 0) is 6.92 Å². The van der Waals surface area contributed by atoms with Gasteiger partial charge in [0.2, 0.25) is 0 Å². The predicted molar refractivity (Wildman–Crippen MR) is 35.3 cm³/mol. The Morgan fingerprint density at radius 2 is 1.88 bits per heavy atom. The number of rotatable bonds is 3. The minimum absolute atomic E-state index is 1.04. The van der Waals surface area contributed by atoms with Gasteiger partial charge in [0.25, 0.3) is 0 Å². The van der Waals surface area contributed by atoms with E-state index in [0.29, 0.717) is 0 Å². The minimum Gasteiger partial charge on any atom is -0.353 e. The van der Waals surface area contributed by atoms with E-state index in [1.54, 1.807) is 0 Å².